The van der Waals surface area contributed by atoms with Crippen LogP contribution in [0.4, 0.5) is 0 Å². The van der Waals surface area contributed by atoms with Crippen molar-refractivity contribution in [3.8, 4) is 0 Å². The van der Waals surface area contributed by atoms with Gasteiger partial charge in [0.15, 0.2) is 11.0 Å². The van der Waals surface area contributed by atoms with Crippen LogP contribution >= 0.6 is 11.8 Å². The summed E-state index contributed by atoms with van der Waals surface area (Å²) in [5.74, 6) is 2.16. The van der Waals surface area contributed by atoms with Crippen LogP contribution in [0.3, 0.4) is 0 Å². The summed E-state index contributed by atoms with van der Waals surface area (Å²) in [6.07, 6.45) is 5.66. The molecule has 0 aliphatic heterocycles. The Morgan fingerprint density at radius 1 is 1.32 bits per heavy atom. The molecule has 0 saturated heterocycles. The second kappa shape index (κ2) is 8.53. The Morgan fingerprint density at radius 2 is 2.05 bits per heavy atom. The fourth-order valence-electron chi connectivity index (χ4n) is 2.62. The van der Waals surface area contributed by atoms with Crippen molar-refractivity contribution in [1.82, 2.24) is 25.0 Å². The molecule has 0 spiro atoms. The number of amides is 1. The fraction of sp³-hybridized carbons (Fsp3) is 0.800. The van der Waals surface area contributed by atoms with Gasteiger partial charge in [-0.15, -0.1) is 10.2 Å². The third-order valence-corrected chi connectivity index (χ3v) is 5.09. The van der Waals surface area contributed by atoms with Crippen LogP contribution in [-0.4, -0.2) is 52.0 Å². The minimum atomic E-state index is 0.171. The summed E-state index contributed by atoms with van der Waals surface area (Å²) in [5, 5.41) is 12.3. The first-order chi connectivity index (χ1) is 10.6. The lowest BCUT2D eigenvalue weighted by Crippen LogP contribution is -2.32. The Bertz CT molecular complexity index is 482. The number of thioether (sulfide) groups is 1. The molecule has 7 heteroatoms. The molecule has 1 aliphatic carbocycles. The van der Waals surface area contributed by atoms with Crippen LogP contribution in [0.25, 0.3) is 0 Å². The Kier molecular flexibility index (Phi) is 6.70. The van der Waals surface area contributed by atoms with Crippen molar-refractivity contribution >= 4 is 17.7 Å². The van der Waals surface area contributed by atoms with E-state index in [1.807, 2.05) is 11.6 Å². The fourth-order valence-corrected chi connectivity index (χ4v) is 3.66. The van der Waals surface area contributed by atoms with E-state index < -0.39 is 0 Å². The van der Waals surface area contributed by atoms with Gasteiger partial charge in [-0.05, 0) is 26.9 Å². The molecule has 22 heavy (non-hydrogen) atoms. The summed E-state index contributed by atoms with van der Waals surface area (Å²) in [6.45, 7) is 1.47. The summed E-state index contributed by atoms with van der Waals surface area (Å²) in [5.41, 5.74) is 0. The second-order valence-electron chi connectivity index (χ2n) is 6.16. The molecule has 1 aromatic heterocycles. The van der Waals surface area contributed by atoms with Gasteiger partial charge < -0.3 is 14.8 Å². The summed E-state index contributed by atoms with van der Waals surface area (Å²) < 4.78 is 1.97. The molecule has 6 nitrogen and oxygen atoms in total. The number of aromatic nitrogens is 3. The number of hydrogen-bond acceptors (Lipinski definition) is 5. The van der Waals surface area contributed by atoms with E-state index in [9.17, 15) is 4.79 Å². The van der Waals surface area contributed by atoms with Crippen LogP contribution in [0.1, 0.15) is 37.9 Å². The van der Waals surface area contributed by atoms with Crippen molar-refractivity contribution in [2.45, 2.75) is 43.8 Å². The van der Waals surface area contributed by atoms with Gasteiger partial charge in [-0.3, -0.25) is 4.79 Å². The van der Waals surface area contributed by atoms with E-state index in [1.54, 1.807) is 11.8 Å². The van der Waals surface area contributed by atoms with Crippen molar-refractivity contribution in [3.63, 3.8) is 0 Å². The van der Waals surface area contributed by atoms with E-state index >= 15 is 0 Å². The largest absolute Gasteiger partial charge is 0.349 e. The number of hydrogen-bond donors (Lipinski definition) is 1. The lowest BCUT2D eigenvalue weighted by Gasteiger charge is -2.20. The van der Waals surface area contributed by atoms with Crippen molar-refractivity contribution in [1.29, 1.82) is 0 Å². The zero-order valence-electron chi connectivity index (χ0n) is 13.8. The van der Waals surface area contributed by atoms with Crippen LogP contribution in [0.2, 0.25) is 0 Å². The number of nitrogens with one attached hydrogen (secondary N) is 1. The van der Waals surface area contributed by atoms with Crippen LogP contribution < -0.4 is 5.32 Å². The monoisotopic (exact) mass is 325 g/mol. The first-order valence-electron chi connectivity index (χ1n) is 8.01. The Hall–Kier alpha value is -1.08. The molecule has 1 aliphatic rings. The normalized spacial score (nSPS) is 16.2. The van der Waals surface area contributed by atoms with Gasteiger partial charge in [0.05, 0.1) is 6.54 Å². The molecule has 2 rings (SSSR count). The molecule has 0 aromatic carbocycles. The zero-order valence-corrected chi connectivity index (χ0v) is 14.7. The van der Waals surface area contributed by atoms with Crippen molar-refractivity contribution in [3.05, 3.63) is 5.82 Å². The minimum absolute atomic E-state index is 0.171. The lowest BCUT2D eigenvalue weighted by molar-refractivity contribution is -0.126. The smallest absolute Gasteiger partial charge is 0.223 e. The van der Waals surface area contributed by atoms with Crippen molar-refractivity contribution in [2.75, 3.05) is 26.4 Å². The average molecular weight is 325 g/mol. The van der Waals surface area contributed by atoms with E-state index in [1.165, 1.54) is 19.3 Å². The van der Waals surface area contributed by atoms with Crippen LogP contribution in [0, 0.1) is 5.92 Å². The molecule has 0 bridgehead atoms. The van der Waals surface area contributed by atoms with E-state index in [0.29, 0.717) is 6.54 Å². The van der Waals surface area contributed by atoms with Gasteiger partial charge in [0.25, 0.3) is 0 Å². The maximum Gasteiger partial charge on any atom is 0.223 e. The average Bonchev–Trinajstić information content (AvgIpc) is 2.86. The van der Waals surface area contributed by atoms with Crippen molar-refractivity contribution < 1.29 is 4.79 Å². The molecule has 1 heterocycles. The molecule has 1 saturated carbocycles. The maximum absolute atomic E-state index is 12.2. The van der Waals surface area contributed by atoms with Gasteiger partial charge in [0.2, 0.25) is 5.91 Å². The van der Waals surface area contributed by atoms with Gasteiger partial charge in [-0.2, -0.15) is 0 Å². The molecule has 1 aromatic rings. The Labute approximate surface area is 137 Å². The molecule has 1 fully saturated rings. The van der Waals surface area contributed by atoms with Gasteiger partial charge in [0.1, 0.15) is 0 Å². The summed E-state index contributed by atoms with van der Waals surface area (Å²) >= 11 is 1.69. The zero-order chi connectivity index (χ0) is 15.9. The number of carbonyl (C=O) groups is 1. The van der Waals surface area contributed by atoms with Gasteiger partial charge >= 0.3 is 0 Å². The van der Waals surface area contributed by atoms with Crippen LogP contribution in [0.5, 0.6) is 0 Å². The topological polar surface area (TPSA) is 63.1 Å². The van der Waals surface area contributed by atoms with Crippen molar-refractivity contribution in [2.24, 2.45) is 13.0 Å². The minimum Gasteiger partial charge on any atom is -0.349 e. The van der Waals surface area contributed by atoms with Gasteiger partial charge in [0, 0.05) is 25.3 Å². The predicted octanol–water partition coefficient (Wildman–Crippen LogP) is 1.67. The summed E-state index contributed by atoms with van der Waals surface area (Å²) in [4.78, 5) is 14.3. The first kappa shape index (κ1) is 17.3. The molecular weight excluding hydrogens is 298 g/mol. The standard InChI is InChI=1S/C15H27N5OS/c1-19(2)9-10-22-15-18-17-13(20(15)3)11-16-14(21)12-7-5-4-6-8-12/h12H,4-11H2,1-3H3,(H,16,21). The Balaban J connectivity index is 1.80. The highest BCUT2D eigenvalue weighted by atomic mass is 32.2. The lowest BCUT2D eigenvalue weighted by atomic mass is 9.89. The first-order valence-corrected chi connectivity index (χ1v) is 9.00. The highest BCUT2D eigenvalue weighted by Crippen LogP contribution is 2.23. The van der Waals surface area contributed by atoms with E-state index in [2.05, 4.69) is 34.5 Å². The van der Waals surface area contributed by atoms with E-state index in [4.69, 9.17) is 0 Å². The molecular formula is C15H27N5OS. The third-order valence-electron chi connectivity index (χ3n) is 4.09. The number of carbonyl (C=O) groups excluding carboxylic acids is 1. The second-order valence-corrected chi connectivity index (χ2v) is 7.22. The highest BCUT2D eigenvalue weighted by Gasteiger charge is 2.21. The van der Waals surface area contributed by atoms with Crippen LogP contribution in [0.15, 0.2) is 5.16 Å². The summed E-state index contributed by atoms with van der Waals surface area (Å²) in [6, 6.07) is 0. The number of rotatable bonds is 7. The summed E-state index contributed by atoms with van der Waals surface area (Å²) in [7, 11) is 6.08. The van der Waals surface area contributed by atoms with Gasteiger partial charge in [-0.1, -0.05) is 31.0 Å². The maximum atomic E-state index is 12.2. The van der Waals surface area contributed by atoms with E-state index in [0.717, 1.165) is 36.1 Å². The molecule has 0 radical (unpaired) electrons. The quantitative estimate of drug-likeness (QED) is 0.773. The molecule has 1 amide bonds. The molecule has 0 atom stereocenters. The van der Waals surface area contributed by atoms with Crippen LogP contribution in [-0.2, 0) is 18.4 Å². The van der Waals surface area contributed by atoms with Gasteiger partial charge in [-0.25, -0.2) is 0 Å². The third kappa shape index (κ3) is 4.98. The Morgan fingerprint density at radius 3 is 2.73 bits per heavy atom. The predicted molar refractivity (Wildman–Crippen MR) is 88.7 cm³/mol. The molecule has 0 unspecified atom stereocenters. The highest BCUT2D eigenvalue weighted by molar-refractivity contribution is 7.99. The SMILES string of the molecule is CN(C)CCSc1nnc(CNC(=O)C2CCCCC2)n1C. The molecule has 124 valence electrons. The van der Waals surface area contributed by atoms with E-state index in [-0.39, 0.29) is 11.8 Å². The molecule has 1 N–H and O–H groups in total. The number of nitrogens with zero attached hydrogens (tertiary/aromatic N) is 4.